The summed E-state index contributed by atoms with van der Waals surface area (Å²) in [5.74, 6) is 0. The highest BCUT2D eigenvalue weighted by Gasteiger charge is 2.11. The van der Waals surface area contributed by atoms with Crippen molar-refractivity contribution in [3.8, 4) is 0 Å². The maximum atomic E-state index is 9.08. The zero-order valence-electron chi connectivity index (χ0n) is 16.4. The normalized spacial score (nSPS) is 12.8. The van der Waals surface area contributed by atoms with Gasteiger partial charge in [0.25, 0.3) is 0 Å². The fourth-order valence-corrected chi connectivity index (χ4v) is 3.25. The van der Waals surface area contributed by atoms with Gasteiger partial charge in [0.2, 0.25) is 0 Å². The van der Waals surface area contributed by atoms with Crippen LogP contribution in [-0.4, -0.2) is 47.3 Å². The first-order valence-corrected chi connectivity index (χ1v) is 9.42. The van der Waals surface area contributed by atoms with Gasteiger partial charge in [-0.2, -0.15) is 0 Å². The molecule has 0 saturated heterocycles. The highest BCUT2D eigenvalue weighted by Crippen LogP contribution is 2.28. The van der Waals surface area contributed by atoms with Crippen LogP contribution in [0, 0.1) is 20.8 Å². The van der Waals surface area contributed by atoms with Crippen LogP contribution >= 0.6 is 0 Å². The molecule has 0 fully saturated rings. The van der Waals surface area contributed by atoms with Crippen LogP contribution in [0.25, 0.3) is 10.9 Å². The van der Waals surface area contributed by atoms with Crippen LogP contribution in [0.2, 0.25) is 0 Å². The Hall–Kier alpha value is -1.65. The lowest BCUT2D eigenvalue weighted by Gasteiger charge is -2.22. The van der Waals surface area contributed by atoms with Gasteiger partial charge >= 0.3 is 0 Å². The molecule has 1 aromatic heterocycles. The minimum Gasteiger partial charge on any atom is -0.395 e. The largest absolute Gasteiger partial charge is 0.395 e. The van der Waals surface area contributed by atoms with Crippen molar-refractivity contribution >= 4 is 16.6 Å². The molecule has 138 valence electrons. The highest BCUT2D eigenvalue weighted by molar-refractivity contribution is 5.93. The number of aliphatic hydroxyl groups is 1. The van der Waals surface area contributed by atoms with E-state index in [9.17, 15) is 0 Å². The average Bonchev–Trinajstić information content (AvgIpc) is 2.58. The zero-order valence-corrected chi connectivity index (χ0v) is 16.4. The molecule has 0 radical (unpaired) electrons. The summed E-state index contributed by atoms with van der Waals surface area (Å²) in [7, 11) is 0. The molecule has 0 saturated carbocycles. The van der Waals surface area contributed by atoms with Crippen molar-refractivity contribution in [3.05, 3.63) is 35.0 Å². The number of aryl methyl sites for hydroxylation is 3. The van der Waals surface area contributed by atoms with Crippen molar-refractivity contribution in [2.45, 2.75) is 53.5 Å². The molecule has 0 aliphatic carbocycles. The van der Waals surface area contributed by atoms with Crippen molar-refractivity contribution in [3.63, 3.8) is 0 Å². The standard InChI is InChI=1S/C21H33N3O/c1-6-24(10-11-25)9-7-8-18(5)23-21-17(4)14-22-20-13-16(3)15(2)12-19(20)21/h12-14,18,25H,6-11H2,1-5H3,(H,22,23). The van der Waals surface area contributed by atoms with E-state index >= 15 is 0 Å². The fraction of sp³-hybridized carbons (Fsp3) is 0.571. The van der Waals surface area contributed by atoms with Crippen LogP contribution in [0.15, 0.2) is 18.3 Å². The Morgan fingerprint density at radius 3 is 2.52 bits per heavy atom. The monoisotopic (exact) mass is 343 g/mol. The Labute approximate surface area is 152 Å². The number of anilines is 1. The first-order chi connectivity index (χ1) is 12.0. The molecule has 1 aromatic carbocycles. The molecule has 4 heteroatoms. The Bertz CT molecular complexity index is 699. The minimum absolute atomic E-state index is 0.239. The Kier molecular flexibility index (Phi) is 7.21. The third kappa shape index (κ3) is 5.16. The number of fused-ring (bicyclic) bond motifs is 1. The number of aliphatic hydroxyl groups excluding tert-OH is 1. The Morgan fingerprint density at radius 2 is 1.84 bits per heavy atom. The number of likely N-dealkylation sites (N-methyl/N-ethyl adjacent to an activating group) is 1. The molecule has 1 atom stereocenters. The molecule has 0 bridgehead atoms. The summed E-state index contributed by atoms with van der Waals surface area (Å²) in [5.41, 5.74) is 6.05. The predicted octanol–water partition coefficient (Wildman–Crippen LogP) is 4.05. The van der Waals surface area contributed by atoms with E-state index in [1.165, 1.54) is 27.8 Å². The van der Waals surface area contributed by atoms with Gasteiger partial charge in [-0.1, -0.05) is 6.92 Å². The molecule has 4 nitrogen and oxygen atoms in total. The SMILES string of the molecule is CCN(CCO)CCCC(C)Nc1c(C)cnc2cc(C)c(C)cc12. The summed E-state index contributed by atoms with van der Waals surface area (Å²) in [5, 5.41) is 14.0. The number of nitrogens with one attached hydrogen (secondary N) is 1. The number of pyridine rings is 1. The molecule has 0 spiro atoms. The minimum atomic E-state index is 0.239. The summed E-state index contributed by atoms with van der Waals surface area (Å²) in [6.45, 7) is 13.9. The number of nitrogens with zero attached hydrogens (tertiary/aromatic N) is 2. The van der Waals surface area contributed by atoms with Crippen molar-refractivity contribution < 1.29 is 5.11 Å². The molecule has 1 unspecified atom stereocenters. The van der Waals surface area contributed by atoms with Gasteiger partial charge in [-0.05, 0) is 82.4 Å². The van der Waals surface area contributed by atoms with Crippen LogP contribution in [0.4, 0.5) is 5.69 Å². The van der Waals surface area contributed by atoms with Gasteiger partial charge in [0.05, 0.1) is 12.1 Å². The molecule has 2 rings (SSSR count). The van der Waals surface area contributed by atoms with Crippen molar-refractivity contribution in [2.24, 2.45) is 0 Å². The number of aromatic nitrogens is 1. The number of hydrogen-bond donors (Lipinski definition) is 2. The lowest BCUT2D eigenvalue weighted by atomic mass is 10.0. The van der Waals surface area contributed by atoms with E-state index in [4.69, 9.17) is 5.11 Å². The third-order valence-corrected chi connectivity index (χ3v) is 5.04. The van der Waals surface area contributed by atoms with Crippen molar-refractivity contribution in [2.75, 3.05) is 31.6 Å². The molecule has 0 aliphatic heterocycles. The van der Waals surface area contributed by atoms with E-state index < -0.39 is 0 Å². The van der Waals surface area contributed by atoms with Gasteiger partial charge < -0.3 is 15.3 Å². The second kappa shape index (κ2) is 9.16. The summed E-state index contributed by atoms with van der Waals surface area (Å²) in [6, 6.07) is 4.83. The summed E-state index contributed by atoms with van der Waals surface area (Å²) in [6.07, 6.45) is 4.20. The highest BCUT2D eigenvalue weighted by atomic mass is 16.3. The second-order valence-electron chi connectivity index (χ2n) is 7.12. The molecular formula is C21H33N3O. The van der Waals surface area contributed by atoms with E-state index in [2.05, 4.69) is 62.0 Å². The van der Waals surface area contributed by atoms with Crippen LogP contribution in [0.3, 0.4) is 0 Å². The van der Waals surface area contributed by atoms with Gasteiger partial charge in [0.1, 0.15) is 0 Å². The van der Waals surface area contributed by atoms with Crippen molar-refractivity contribution in [1.82, 2.24) is 9.88 Å². The van der Waals surface area contributed by atoms with Crippen LogP contribution < -0.4 is 5.32 Å². The van der Waals surface area contributed by atoms with Gasteiger partial charge in [-0.15, -0.1) is 0 Å². The molecule has 1 heterocycles. The fourth-order valence-electron chi connectivity index (χ4n) is 3.25. The van der Waals surface area contributed by atoms with Gasteiger partial charge in [-0.25, -0.2) is 0 Å². The molecule has 25 heavy (non-hydrogen) atoms. The van der Waals surface area contributed by atoms with E-state index in [-0.39, 0.29) is 6.61 Å². The number of benzene rings is 1. The second-order valence-corrected chi connectivity index (χ2v) is 7.12. The smallest absolute Gasteiger partial charge is 0.0725 e. The van der Waals surface area contributed by atoms with Gasteiger partial charge in [0.15, 0.2) is 0 Å². The summed E-state index contributed by atoms with van der Waals surface area (Å²) >= 11 is 0. The summed E-state index contributed by atoms with van der Waals surface area (Å²) < 4.78 is 0. The molecular weight excluding hydrogens is 310 g/mol. The lowest BCUT2D eigenvalue weighted by Crippen LogP contribution is -2.28. The molecule has 0 amide bonds. The van der Waals surface area contributed by atoms with E-state index in [0.717, 1.165) is 38.0 Å². The van der Waals surface area contributed by atoms with Crippen molar-refractivity contribution in [1.29, 1.82) is 0 Å². The average molecular weight is 344 g/mol. The van der Waals surface area contributed by atoms with Crippen LogP contribution in [0.5, 0.6) is 0 Å². The Morgan fingerprint density at radius 1 is 1.12 bits per heavy atom. The number of hydrogen-bond acceptors (Lipinski definition) is 4. The first-order valence-electron chi connectivity index (χ1n) is 9.42. The Balaban J connectivity index is 2.06. The van der Waals surface area contributed by atoms with E-state index in [1.807, 2.05) is 6.20 Å². The van der Waals surface area contributed by atoms with Crippen LogP contribution in [0.1, 0.15) is 43.4 Å². The molecule has 2 N–H and O–H groups in total. The summed E-state index contributed by atoms with van der Waals surface area (Å²) in [4.78, 5) is 6.89. The zero-order chi connectivity index (χ0) is 18.4. The maximum Gasteiger partial charge on any atom is 0.0725 e. The maximum absolute atomic E-state index is 9.08. The predicted molar refractivity (Wildman–Crippen MR) is 107 cm³/mol. The quantitative estimate of drug-likeness (QED) is 0.721. The first kappa shape index (κ1) is 19.7. The van der Waals surface area contributed by atoms with Gasteiger partial charge in [-0.3, -0.25) is 4.98 Å². The van der Waals surface area contributed by atoms with Gasteiger partial charge in [0, 0.05) is 29.9 Å². The number of rotatable bonds is 9. The van der Waals surface area contributed by atoms with E-state index in [0.29, 0.717) is 6.04 Å². The third-order valence-electron chi connectivity index (χ3n) is 5.04. The van der Waals surface area contributed by atoms with Crippen LogP contribution in [-0.2, 0) is 0 Å². The van der Waals surface area contributed by atoms with E-state index in [1.54, 1.807) is 0 Å². The molecule has 0 aliphatic rings. The lowest BCUT2D eigenvalue weighted by molar-refractivity contribution is 0.199. The topological polar surface area (TPSA) is 48.4 Å². The molecule has 2 aromatic rings.